The van der Waals surface area contributed by atoms with Gasteiger partial charge in [-0.2, -0.15) is 0 Å². The van der Waals surface area contributed by atoms with Crippen LogP contribution in [0.1, 0.15) is 78.6 Å². The van der Waals surface area contributed by atoms with Crippen molar-refractivity contribution in [2.45, 2.75) is 108 Å². The number of carbonyl (C=O) groups excluding carboxylic acids is 4. The summed E-state index contributed by atoms with van der Waals surface area (Å²) in [6.07, 6.45) is 6.62. The fourth-order valence-electron chi connectivity index (χ4n) is 5.35. The van der Waals surface area contributed by atoms with E-state index in [0.29, 0.717) is 12.8 Å². The summed E-state index contributed by atoms with van der Waals surface area (Å²) in [7, 11) is 0. The van der Waals surface area contributed by atoms with Crippen molar-refractivity contribution >= 4 is 23.8 Å². The van der Waals surface area contributed by atoms with Crippen LogP contribution in [0.3, 0.4) is 0 Å². The normalized spacial score (nSPS) is 28.8. The average Bonchev–Trinajstić information content (AvgIpc) is 3.11. The van der Waals surface area contributed by atoms with Crippen molar-refractivity contribution in [2.75, 3.05) is 13.1 Å². The van der Waals surface area contributed by atoms with Gasteiger partial charge in [0.1, 0.15) is 17.7 Å². The Balaban J connectivity index is 1.83. The lowest BCUT2D eigenvalue weighted by Gasteiger charge is -2.32. The summed E-state index contributed by atoms with van der Waals surface area (Å²) in [6.45, 7) is 9.33. The largest absolute Gasteiger partial charge is 0.444 e. The van der Waals surface area contributed by atoms with Gasteiger partial charge in [-0.15, -0.1) is 6.58 Å². The summed E-state index contributed by atoms with van der Waals surface area (Å²) in [5.74, 6) is 4.21. The van der Waals surface area contributed by atoms with Gasteiger partial charge < -0.3 is 30.7 Å². The standard InChI is InChI=1S/C29H44N4O6/c1-5-17-30-26(36)24(34)21-13-11-9-7-6-8-10-12-14-22(32-28(38)39-29(2,3)4)27(37)33-18-19-15-16-20(19)23(33)25(35)31-21/h5,19-24,34H,1,6-14,17-18H2,2-4H3,(H,30,36)(H,31,35)(H,32,38)/t19?,20-,21-,22-,23-,24?/m0/s1. The van der Waals surface area contributed by atoms with E-state index in [1.54, 1.807) is 20.8 Å². The molecule has 0 aromatic rings. The maximum absolute atomic E-state index is 13.8. The van der Waals surface area contributed by atoms with Gasteiger partial charge in [0.15, 0.2) is 6.10 Å². The van der Waals surface area contributed by atoms with Crippen molar-refractivity contribution in [3.05, 3.63) is 12.7 Å². The molecule has 0 aromatic carbocycles. The number of hydrogen-bond acceptors (Lipinski definition) is 6. The Morgan fingerprint density at radius 3 is 2.36 bits per heavy atom. The molecule has 0 saturated carbocycles. The minimum absolute atomic E-state index is 0.131. The second-order valence-electron chi connectivity index (χ2n) is 11.7. The van der Waals surface area contributed by atoms with E-state index < -0.39 is 47.7 Å². The predicted molar refractivity (Wildman–Crippen MR) is 146 cm³/mol. The molecule has 4 N–H and O–H groups in total. The van der Waals surface area contributed by atoms with E-state index in [2.05, 4.69) is 34.4 Å². The second kappa shape index (κ2) is 13.8. The number of hydrogen-bond donors (Lipinski definition) is 4. The summed E-state index contributed by atoms with van der Waals surface area (Å²) >= 11 is 0. The maximum Gasteiger partial charge on any atom is 0.408 e. The molecule has 39 heavy (non-hydrogen) atoms. The smallest absolute Gasteiger partial charge is 0.408 e. The molecule has 0 radical (unpaired) electrons. The van der Waals surface area contributed by atoms with Crippen molar-refractivity contribution in [1.29, 1.82) is 0 Å². The number of aliphatic hydroxyl groups excluding tert-OH is 1. The summed E-state index contributed by atoms with van der Waals surface area (Å²) in [6, 6.07) is -2.52. The van der Waals surface area contributed by atoms with E-state index >= 15 is 0 Å². The van der Waals surface area contributed by atoms with Crippen LogP contribution in [0.15, 0.2) is 12.7 Å². The SMILES string of the molecule is C=CCNC(=O)C(O)[C@@H]1CCCCCCCCC[C@H](NC(=O)OC(C)(C)C)C(=O)N2CC3C#C[C@@H]3[C@H]2C(=O)N1. The third-order valence-corrected chi connectivity index (χ3v) is 7.38. The van der Waals surface area contributed by atoms with Crippen molar-refractivity contribution < 1.29 is 29.0 Å². The van der Waals surface area contributed by atoms with E-state index in [0.717, 1.165) is 44.9 Å². The molecule has 10 heteroatoms. The van der Waals surface area contributed by atoms with E-state index in [1.165, 1.54) is 11.0 Å². The third kappa shape index (κ3) is 8.46. The zero-order chi connectivity index (χ0) is 28.6. The van der Waals surface area contributed by atoms with Gasteiger partial charge in [-0.1, -0.05) is 62.9 Å². The number of nitrogens with zero attached hydrogens (tertiary/aromatic N) is 1. The minimum atomic E-state index is -1.44. The molecule has 10 nitrogen and oxygen atoms in total. The molecule has 3 aliphatic rings. The summed E-state index contributed by atoms with van der Waals surface area (Å²) in [4.78, 5) is 54.1. The fourth-order valence-corrected chi connectivity index (χ4v) is 5.35. The van der Waals surface area contributed by atoms with Crippen LogP contribution in [-0.2, 0) is 19.1 Å². The first-order valence-corrected chi connectivity index (χ1v) is 14.2. The first kappa shape index (κ1) is 30.5. The molecule has 3 rings (SSSR count). The van der Waals surface area contributed by atoms with Crippen molar-refractivity contribution in [3.63, 3.8) is 0 Å². The average molecular weight is 545 g/mol. The Bertz CT molecular complexity index is 980. The van der Waals surface area contributed by atoms with Crippen LogP contribution in [-0.4, -0.2) is 76.7 Å². The molecule has 0 spiro atoms. The molecule has 2 saturated heterocycles. The summed E-state index contributed by atoms with van der Waals surface area (Å²) in [5, 5.41) is 19.0. The van der Waals surface area contributed by atoms with Crippen LogP contribution in [0, 0.1) is 23.7 Å². The molecule has 4 amide bonds. The lowest BCUT2D eigenvalue weighted by atomic mass is 9.83. The molecule has 2 aliphatic heterocycles. The Hall–Kier alpha value is -3.06. The first-order chi connectivity index (χ1) is 18.5. The van der Waals surface area contributed by atoms with Crippen molar-refractivity contribution in [1.82, 2.24) is 20.9 Å². The molecule has 6 atom stereocenters. The van der Waals surface area contributed by atoms with E-state index in [9.17, 15) is 24.3 Å². The molecular weight excluding hydrogens is 500 g/mol. The maximum atomic E-state index is 13.8. The van der Waals surface area contributed by atoms with E-state index in [1.807, 2.05) is 0 Å². The first-order valence-electron chi connectivity index (χ1n) is 14.2. The predicted octanol–water partition coefficient (Wildman–Crippen LogP) is 2.01. The van der Waals surface area contributed by atoms with Gasteiger partial charge >= 0.3 is 6.09 Å². The molecule has 0 aromatic heterocycles. The second-order valence-corrected chi connectivity index (χ2v) is 11.7. The van der Waals surface area contributed by atoms with Gasteiger partial charge in [0.25, 0.3) is 5.91 Å². The van der Waals surface area contributed by atoms with Crippen LogP contribution in [0.25, 0.3) is 0 Å². The monoisotopic (exact) mass is 544 g/mol. The van der Waals surface area contributed by atoms with Crippen LogP contribution in [0.5, 0.6) is 0 Å². The number of alkyl carbamates (subject to hydrolysis) is 1. The van der Waals surface area contributed by atoms with Crippen molar-refractivity contribution in [2.24, 2.45) is 11.8 Å². The highest BCUT2D eigenvalue weighted by Gasteiger charge is 2.51. The van der Waals surface area contributed by atoms with Crippen LogP contribution >= 0.6 is 0 Å². The molecule has 0 bridgehead atoms. The van der Waals surface area contributed by atoms with Crippen molar-refractivity contribution in [3.8, 4) is 11.8 Å². The highest BCUT2D eigenvalue weighted by molar-refractivity contribution is 5.93. The number of fused-ring (bicyclic) bond motifs is 3. The van der Waals surface area contributed by atoms with E-state index in [4.69, 9.17) is 4.74 Å². The number of aliphatic hydroxyl groups is 1. The number of amides is 4. The molecule has 1 aliphatic carbocycles. The molecular formula is C29H44N4O6. The molecule has 2 heterocycles. The quantitative estimate of drug-likeness (QED) is 0.309. The highest BCUT2D eigenvalue weighted by Crippen LogP contribution is 2.35. The third-order valence-electron chi connectivity index (χ3n) is 7.38. The zero-order valence-electron chi connectivity index (χ0n) is 23.5. The van der Waals surface area contributed by atoms with Gasteiger partial charge in [-0.3, -0.25) is 14.4 Å². The van der Waals surface area contributed by atoms with Gasteiger partial charge in [0.05, 0.1) is 17.9 Å². The topological polar surface area (TPSA) is 137 Å². The van der Waals surface area contributed by atoms with Crippen LogP contribution < -0.4 is 16.0 Å². The summed E-state index contributed by atoms with van der Waals surface area (Å²) < 4.78 is 5.41. The summed E-state index contributed by atoms with van der Waals surface area (Å²) in [5.41, 5.74) is -0.720. The Labute approximate surface area is 231 Å². The minimum Gasteiger partial charge on any atom is -0.444 e. The fraction of sp³-hybridized carbons (Fsp3) is 0.724. The number of carbonyl (C=O) groups is 4. The highest BCUT2D eigenvalue weighted by atomic mass is 16.6. The van der Waals surface area contributed by atoms with E-state index in [-0.39, 0.29) is 30.8 Å². The zero-order valence-corrected chi connectivity index (χ0v) is 23.5. The van der Waals surface area contributed by atoms with Gasteiger partial charge in [-0.25, -0.2) is 4.79 Å². The number of rotatable bonds is 5. The molecule has 2 fully saturated rings. The Morgan fingerprint density at radius 2 is 1.77 bits per heavy atom. The Kier molecular flexibility index (Phi) is 10.8. The van der Waals surface area contributed by atoms with Gasteiger partial charge in [0, 0.05) is 13.1 Å². The number of ether oxygens (including phenoxy) is 1. The van der Waals surface area contributed by atoms with Gasteiger partial charge in [0.2, 0.25) is 11.8 Å². The lowest BCUT2D eigenvalue weighted by Crippen LogP contribution is -2.58. The number of nitrogens with one attached hydrogen (secondary N) is 3. The van der Waals surface area contributed by atoms with Gasteiger partial charge in [-0.05, 0) is 33.6 Å². The van der Waals surface area contributed by atoms with Crippen LogP contribution in [0.4, 0.5) is 4.79 Å². The van der Waals surface area contributed by atoms with Crippen LogP contribution in [0.2, 0.25) is 0 Å². The molecule has 216 valence electrons. The Morgan fingerprint density at radius 1 is 1.13 bits per heavy atom. The lowest BCUT2D eigenvalue weighted by molar-refractivity contribution is -0.142. The molecule has 2 unspecified atom stereocenters.